The summed E-state index contributed by atoms with van der Waals surface area (Å²) in [5.41, 5.74) is -1.35. The lowest BCUT2D eigenvalue weighted by Crippen LogP contribution is -2.33. The minimum absolute atomic E-state index is 0.0483. The van der Waals surface area contributed by atoms with Gasteiger partial charge in [-0.2, -0.15) is 0 Å². The van der Waals surface area contributed by atoms with Gasteiger partial charge in [-0.3, -0.25) is 9.10 Å². The van der Waals surface area contributed by atoms with Crippen molar-refractivity contribution in [3.8, 4) is 5.75 Å². The molecule has 0 atom stereocenters. The predicted molar refractivity (Wildman–Crippen MR) is 132 cm³/mol. The summed E-state index contributed by atoms with van der Waals surface area (Å²) < 4.78 is 75.9. The van der Waals surface area contributed by atoms with Crippen molar-refractivity contribution in [2.45, 2.75) is 19.9 Å². The van der Waals surface area contributed by atoms with Crippen molar-refractivity contribution in [2.24, 2.45) is 0 Å². The van der Waals surface area contributed by atoms with Crippen LogP contribution in [-0.4, -0.2) is 32.2 Å². The molecular formula is C23H20Cl2F3N3O4S. The molecule has 1 aromatic heterocycles. The summed E-state index contributed by atoms with van der Waals surface area (Å²) in [6.07, 6.45) is 1.30. The molecule has 1 heterocycles. The van der Waals surface area contributed by atoms with Crippen LogP contribution in [0.25, 0.3) is 0 Å². The van der Waals surface area contributed by atoms with Gasteiger partial charge in [-0.15, -0.1) is 0 Å². The van der Waals surface area contributed by atoms with E-state index in [4.69, 9.17) is 27.9 Å². The van der Waals surface area contributed by atoms with Crippen molar-refractivity contribution in [3.63, 3.8) is 0 Å². The summed E-state index contributed by atoms with van der Waals surface area (Å²) in [6.45, 7) is 1.20. The lowest BCUT2D eigenvalue weighted by molar-refractivity contribution is 0.102. The lowest BCUT2D eigenvalue weighted by atomic mass is 10.2. The van der Waals surface area contributed by atoms with E-state index in [0.29, 0.717) is 0 Å². The number of hydrogen-bond donors (Lipinski definition) is 1. The second-order valence-electron chi connectivity index (χ2n) is 7.46. The minimum Gasteiger partial charge on any atom is -0.494 e. The Balaban J connectivity index is 2.06. The first-order valence-corrected chi connectivity index (χ1v) is 12.8. The fourth-order valence-electron chi connectivity index (χ4n) is 3.30. The molecule has 0 spiro atoms. The van der Waals surface area contributed by atoms with Crippen molar-refractivity contribution in [1.82, 2.24) is 4.98 Å². The normalized spacial score (nSPS) is 11.3. The zero-order valence-electron chi connectivity index (χ0n) is 19.0. The van der Waals surface area contributed by atoms with Crippen LogP contribution in [0.15, 0.2) is 42.6 Å². The molecule has 7 nitrogen and oxygen atoms in total. The quantitative estimate of drug-likeness (QED) is 0.333. The highest BCUT2D eigenvalue weighted by atomic mass is 35.5. The van der Waals surface area contributed by atoms with Crippen LogP contribution in [0.2, 0.25) is 10.2 Å². The number of benzene rings is 2. The second kappa shape index (κ2) is 11.4. The highest BCUT2D eigenvalue weighted by Crippen LogP contribution is 2.35. The summed E-state index contributed by atoms with van der Waals surface area (Å²) in [4.78, 5) is 16.1. The van der Waals surface area contributed by atoms with Crippen molar-refractivity contribution in [1.29, 1.82) is 0 Å². The maximum atomic E-state index is 15.7. The molecule has 192 valence electrons. The smallest absolute Gasteiger partial charge is 0.258 e. The maximum absolute atomic E-state index is 15.7. The number of amides is 1. The summed E-state index contributed by atoms with van der Waals surface area (Å²) >= 11 is 11.7. The zero-order valence-corrected chi connectivity index (χ0v) is 21.3. The van der Waals surface area contributed by atoms with Crippen molar-refractivity contribution in [3.05, 3.63) is 81.3 Å². The summed E-state index contributed by atoms with van der Waals surface area (Å²) in [6, 6.07) is 7.14. The van der Waals surface area contributed by atoms with Crippen LogP contribution in [-0.2, 0) is 16.6 Å². The van der Waals surface area contributed by atoms with Crippen LogP contribution in [0.5, 0.6) is 5.75 Å². The van der Waals surface area contributed by atoms with E-state index in [2.05, 4.69) is 10.3 Å². The van der Waals surface area contributed by atoms with Gasteiger partial charge < -0.3 is 10.1 Å². The van der Waals surface area contributed by atoms with E-state index in [1.165, 1.54) is 25.3 Å². The average molecular weight is 562 g/mol. The molecular weight excluding hydrogens is 542 g/mol. The van der Waals surface area contributed by atoms with Gasteiger partial charge in [0.1, 0.15) is 0 Å². The van der Waals surface area contributed by atoms with Crippen LogP contribution in [0.1, 0.15) is 29.3 Å². The number of carbonyl (C=O) groups excluding carboxylic acids is 1. The lowest BCUT2D eigenvalue weighted by Gasteiger charge is -2.26. The van der Waals surface area contributed by atoms with Gasteiger partial charge in [0.2, 0.25) is 10.0 Å². The summed E-state index contributed by atoms with van der Waals surface area (Å²) in [7, 11) is -2.82. The van der Waals surface area contributed by atoms with Gasteiger partial charge in [0.25, 0.3) is 5.91 Å². The number of ether oxygens (including phenoxy) is 1. The number of aromatic nitrogens is 1. The van der Waals surface area contributed by atoms with E-state index in [0.717, 1.165) is 28.7 Å². The van der Waals surface area contributed by atoms with Gasteiger partial charge in [0.05, 0.1) is 41.4 Å². The number of halogens is 5. The molecule has 0 saturated carbocycles. The van der Waals surface area contributed by atoms with E-state index >= 15 is 4.39 Å². The van der Waals surface area contributed by atoms with Crippen molar-refractivity contribution in [2.75, 3.05) is 22.5 Å². The molecule has 0 aliphatic rings. The molecule has 2 aromatic carbocycles. The molecule has 36 heavy (non-hydrogen) atoms. The number of nitrogens with zero attached hydrogens (tertiary/aromatic N) is 2. The predicted octanol–water partition coefficient (Wildman–Crippen LogP) is 5.81. The molecule has 1 amide bonds. The first kappa shape index (κ1) is 27.6. The summed E-state index contributed by atoms with van der Waals surface area (Å²) in [5, 5.41) is 1.33. The first-order valence-electron chi connectivity index (χ1n) is 10.4. The number of methoxy groups -OCH3 is 1. The highest BCUT2D eigenvalue weighted by Gasteiger charge is 2.28. The monoisotopic (exact) mass is 561 g/mol. The average Bonchev–Trinajstić information content (AvgIpc) is 2.82. The second-order valence-corrected chi connectivity index (χ2v) is 10.2. The number of pyridine rings is 1. The Hall–Kier alpha value is -3.02. The van der Waals surface area contributed by atoms with Gasteiger partial charge in [0, 0.05) is 6.20 Å². The molecule has 3 rings (SSSR count). The van der Waals surface area contributed by atoms with E-state index in [9.17, 15) is 22.0 Å². The Morgan fingerprint density at radius 3 is 2.47 bits per heavy atom. The largest absolute Gasteiger partial charge is 0.494 e. The third-order valence-corrected chi connectivity index (χ3v) is 7.51. The number of carbonyl (C=O) groups is 1. The first-order chi connectivity index (χ1) is 17.0. The topological polar surface area (TPSA) is 88.6 Å². The Labute approximate surface area is 215 Å². The van der Waals surface area contributed by atoms with E-state index in [-0.39, 0.29) is 28.5 Å². The Bertz CT molecular complexity index is 1410. The molecule has 13 heteroatoms. The number of rotatable bonds is 9. The number of anilines is 2. The Morgan fingerprint density at radius 2 is 1.83 bits per heavy atom. The Morgan fingerprint density at radius 1 is 1.11 bits per heavy atom. The maximum Gasteiger partial charge on any atom is 0.258 e. The fourth-order valence-corrected chi connectivity index (χ4v) is 5.17. The molecule has 1 N–H and O–H groups in total. The fraction of sp³-hybridized carbons (Fsp3) is 0.217. The van der Waals surface area contributed by atoms with Crippen molar-refractivity contribution < 1.29 is 31.1 Å². The molecule has 3 aromatic rings. The molecule has 0 saturated heterocycles. The summed E-state index contributed by atoms with van der Waals surface area (Å²) in [5.74, 6) is -4.52. The molecule has 0 bridgehead atoms. The van der Waals surface area contributed by atoms with Gasteiger partial charge in [0.15, 0.2) is 28.4 Å². The number of hydrogen-bond acceptors (Lipinski definition) is 5. The minimum atomic E-state index is -4.10. The highest BCUT2D eigenvalue weighted by molar-refractivity contribution is 7.92. The third-order valence-electron chi connectivity index (χ3n) is 5.01. The third kappa shape index (κ3) is 5.85. The van der Waals surface area contributed by atoms with Gasteiger partial charge in [-0.1, -0.05) is 36.2 Å². The van der Waals surface area contributed by atoms with E-state index in [1.807, 2.05) is 0 Å². The zero-order chi connectivity index (χ0) is 26.6. The SMILES string of the molecule is CCCS(=O)(=O)N(Cc1ccc(OC)c(F)c1)c1ccc(Cl)c(NC(=O)c2ccnc(Cl)c2F)c1F. The van der Waals surface area contributed by atoms with Crippen LogP contribution < -0.4 is 14.4 Å². The Kier molecular flexibility index (Phi) is 8.70. The number of nitrogens with one attached hydrogen (secondary N) is 1. The van der Waals surface area contributed by atoms with Gasteiger partial charge in [-0.05, 0) is 42.3 Å². The number of sulfonamides is 1. The van der Waals surface area contributed by atoms with Crippen LogP contribution >= 0.6 is 23.2 Å². The van der Waals surface area contributed by atoms with Crippen LogP contribution in [0.3, 0.4) is 0 Å². The molecule has 0 aliphatic carbocycles. The van der Waals surface area contributed by atoms with E-state index in [1.54, 1.807) is 6.92 Å². The molecule has 0 aliphatic heterocycles. The van der Waals surface area contributed by atoms with Gasteiger partial charge >= 0.3 is 0 Å². The molecule has 0 radical (unpaired) electrons. The van der Waals surface area contributed by atoms with E-state index < -0.39 is 62.0 Å². The molecule has 0 fully saturated rings. The molecule has 0 unspecified atom stereocenters. The van der Waals surface area contributed by atoms with Gasteiger partial charge in [-0.25, -0.2) is 26.6 Å². The van der Waals surface area contributed by atoms with Crippen LogP contribution in [0.4, 0.5) is 24.5 Å². The standard InChI is InChI=1S/C23H20Cl2F3N3O4S/c1-3-10-36(33,34)31(12-13-4-7-18(35-2)16(26)11-13)17-6-5-15(24)21(20(17)28)30-23(32)14-8-9-29-22(25)19(14)27/h4-9,11H,3,10,12H2,1-2H3,(H,30,32). The van der Waals surface area contributed by atoms with Crippen LogP contribution in [0, 0.1) is 17.5 Å². The van der Waals surface area contributed by atoms with Crippen molar-refractivity contribution >= 4 is 50.5 Å².